The maximum atomic E-state index is 11.4. The molecule has 2 aromatic heterocycles. The quantitative estimate of drug-likeness (QED) is 0.658. The first-order chi connectivity index (χ1) is 13.5. The molecule has 4 nitrogen and oxygen atoms in total. The highest BCUT2D eigenvalue weighted by Crippen LogP contribution is 2.43. The van der Waals surface area contributed by atoms with Crippen LogP contribution in [0.25, 0.3) is 10.9 Å². The van der Waals surface area contributed by atoms with Crippen LogP contribution in [0.5, 0.6) is 0 Å². The second kappa shape index (κ2) is 7.03. The SMILES string of the molecule is OC1(Cn2ccc3ccncc32)CC2CCC(C1)N2Cc1ccc(Cl)c(Cl)c1. The van der Waals surface area contributed by atoms with E-state index >= 15 is 0 Å². The summed E-state index contributed by atoms with van der Waals surface area (Å²) in [5, 5.41) is 13.8. The number of hydrogen-bond donors (Lipinski definition) is 1. The number of fused-ring (bicyclic) bond motifs is 3. The Labute approximate surface area is 174 Å². The number of aliphatic hydroxyl groups is 1. The molecule has 2 bridgehead atoms. The zero-order valence-electron chi connectivity index (χ0n) is 15.6. The van der Waals surface area contributed by atoms with Crippen molar-refractivity contribution in [3.05, 3.63) is 64.5 Å². The van der Waals surface area contributed by atoms with Gasteiger partial charge in [-0.15, -0.1) is 0 Å². The molecule has 3 aromatic rings. The summed E-state index contributed by atoms with van der Waals surface area (Å²) in [6, 6.07) is 10.8. The lowest BCUT2D eigenvalue weighted by molar-refractivity contribution is -0.0644. The standard InChI is InChI=1S/C22H23Cl2N3O/c23-19-4-1-15(9-20(19)24)13-27-17-2-3-18(27)11-22(28,10-17)14-26-8-6-16-5-7-25-12-21(16)26/h1,4-9,12,17-18,28H,2-3,10-11,13-14H2. The number of piperidine rings is 1. The van der Waals surface area contributed by atoms with Crippen LogP contribution in [0, 0.1) is 0 Å². The highest BCUT2D eigenvalue weighted by Gasteiger charge is 2.47. The predicted octanol–water partition coefficient (Wildman–Crippen LogP) is 4.90. The Bertz CT molecular complexity index is 1000. The smallest absolute Gasteiger partial charge is 0.0855 e. The third-order valence-electron chi connectivity index (χ3n) is 6.39. The van der Waals surface area contributed by atoms with Gasteiger partial charge in [0.15, 0.2) is 0 Å². The molecule has 2 atom stereocenters. The molecule has 2 unspecified atom stereocenters. The molecule has 0 radical (unpaired) electrons. The van der Waals surface area contributed by atoms with E-state index in [4.69, 9.17) is 23.2 Å². The van der Waals surface area contributed by atoms with Gasteiger partial charge in [0.2, 0.25) is 0 Å². The van der Waals surface area contributed by atoms with E-state index in [1.807, 2.05) is 36.7 Å². The molecule has 146 valence electrons. The van der Waals surface area contributed by atoms with Crippen LogP contribution in [0.15, 0.2) is 48.9 Å². The lowest BCUT2D eigenvalue weighted by Crippen LogP contribution is -2.52. The van der Waals surface area contributed by atoms with E-state index in [9.17, 15) is 5.11 Å². The van der Waals surface area contributed by atoms with Gasteiger partial charge in [-0.25, -0.2) is 0 Å². The number of halogens is 2. The molecule has 2 saturated heterocycles. The van der Waals surface area contributed by atoms with Gasteiger partial charge in [-0.1, -0.05) is 29.3 Å². The van der Waals surface area contributed by atoms with Crippen molar-refractivity contribution in [2.75, 3.05) is 0 Å². The van der Waals surface area contributed by atoms with E-state index in [1.54, 1.807) is 0 Å². The van der Waals surface area contributed by atoms with Gasteiger partial charge in [0.05, 0.1) is 33.9 Å². The van der Waals surface area contributed by atoms with Crippen molar-refractivity contribution in [3.63, 3.8) is 0 Å². The maximum Gasteiger partial charge on any atom is 0.0855 e. The van der Waals surface area contributed by atoms with Crippen molar-refractivity contribution < 1.29 is 5.11 Å². The first kappa shape index (κ1) is 18.4. The van der Waals surface area contributed by atoms with Gasteiger partial charge in [0.25, 0.3) is 0 Å². The minimum Gasteiger partial charge on any atom is -0.388 e. The molecule has 0 saturated carbocycles. The number of aromatic nitrogens is 2. The summed E-state index contributed by atoms with van der Waals surface area (Å²) < 4.78 is 2.15. The van der Waals surface area contributed by atoms with Crippen molar-refractivity contribution in [2.24, 2.45) is 0 Å². The summed E-state index contributed by atoms with van der Waals surface area (Å²) >= 11 is 12.2. The Kier molecular flexibility index (Phi) is 4.63. The first-order valence-electron chi connectivity index (χ1n) is 9.82. The molecule has 2 fully saturated rings. The second-order valence-electron chi connectivity index (χ2n) is 8.32. The summed E-state index contributed by atoms with van der Waals surface area (Å²) in [6.07, 6.45) is 9.63. The fourth-order valence-corrected chi connectivity index (χ4v) is 5.45. The highest BCUT2D eigenvalue weighted by atomic mass is 35.5. The van der Waals surface area contributed by atoms with E-state index in [2.05, 4.69) is 26.7 Å². The van der Waals surface area contributed by atoms with E-state index in [0.717, 1.165) is 37.7 Å². The van der Waals surface area contributed by atoms with Crippen LogP contribution in [0.1, 0.15) is 31.2 Å². The van der Waals surface area contributed by atoms with Gasteiger partial charge in [-0.3, -0.25) is 9.88 Å². The van der Waals surface area contributed by atoms with Crippen LogP contribution in [-0.2, 0) is 13.1 Å². The highest BCUT2D eigenvalue weighted by molar-refractivity contribution is 6.42. The average molecular weight is 416 g/mol. The van der Waals surface area contributed by atoms with Crippen molar-refractivity contribution >= 4 is 34.1 Å². The Morgan fingerprint density at radius 3 is 2.61 bits per heavy atom. The van der Waals surface area contributed by atoms with Crippen LogP contribution in [-0.4, -0.2) is 37.2 Å². The van der Waals surface area contributed by atoms with Crippen LogP contribution < -0.4 is 0 Å². The Balaban J connectivity index is 1.33. The van der Waals surface area contributed by atoms with Crippen LogP contribution >= 0.6 is 23.2 Å². The third kappa shape index (κ3) is 3.33. The normalized spacial score (nSPS) is 27.5. The number of nitrogens with zero attached hydrogens (tertiary/aromatic N) is 3. The molecule has 1 N–H and O–H groups in total. The lowest BCUT2D eigenvalue weighted by Gasteiger charge is -2.44. The van der Waals surface area contributed by atoms with Crippen molar-refractivity contribution in [1.29, 1.82) is 0 Å². The van der Waals surface area contributed by atoms with Gasteiger partial charge < -0.3 is 9.67 Å². The van der Waals surface area contributed by atoms with Crippen LogP contribution in [0.4, 0.5) is 0 Å². The molecular weight excluding hydrogens is 393 g/mol. The molecule has 0 amide bonds. The summed E-state index contributed by atoms with van der Waals surface area (Å²) in [4.78, 5) is 6.79. The minimum atomic E-state index is -0.679. The zero-order valence-corrected chi connectivity index (χ0v) is 17.1. The molecule has 5 rings (SSSR count). The largest absolute Gasteiger partial charge is 0.388 e. The van der Waals surface area contributed by atoms with Gasteiger partial charge in [-0.05, 0) is 55.5 Å². The Morgan fingerprint density at radius 2 is 1.86 bits per heavy atom. The summed E-state index contributed by atoms with van der Waals surface area (Å²) in [7, 11) is 0. The fraction of sp³-hybridized carbons (Fsp3) is 0.409. The van der Waals surface area contributed by atoms with Crippen molar-refractivity contribution in [2.45, 2.75) is 56.5 Å². The Morgan fingerprint density at radius 1 is 1.07 bits per heavy atom. The lowest BCUT2D eigenvalue weighted by atomic mass is 9.85. The number of benzene rings is 1. The second-order valence-corrected chi connectivity index (χ2v) is 9.13. The number of pyridine rings is 1. The van der Waals surface area contributed by atoms with Crippen molar-refractivity contribution in [1.82, 2.24) is 14.5 Å². The van der Waals surface area contributed by atoms with Gasteiger partial charge in [-0.2, -0.15) is 0 Å². The van der Waals surface area contributed by atoms with Gasteiger partial charge in [0.1, 0.15) is 0 Å². The molecule has 0 aliphatic carbocycles. The van der Waals surface area contributed by atoms with Crippen LogP contribution in [0.3, 0.4) is 0 Å². The van der Waals surface area contributed by atoms with Gasteiger partial charge >= 0.3 is 0 Å². The molecular formula is C22H23Cl2N3O. The number of rotatable bonds is 4. The maximum absolute atomic E-state index is 11.4. The first-order valence-corrected chi connectivity index (χ1v) is 10.6. The third-order valence-corrected chi connectivity index (χ3v) is 7.13. The average Bonchev–Trinajstić information content (AvgIpc) is 3.17. The summed E-state index contributed by atoms with van der Waals surface area (Å²) in [5.41, 5.74) is 1.59. The van der Waals surface area contributed by atoms with Crippen molar-refractivity contribution in [3.8, 4) is 0 Å². The predicted molar refractivity (Wildman–Crippen MR) is 113 cm³/mol. The van der Waals surface area contributed by atoms with E-state index in [-0.39, 0.29) is 0 Å². The fourth-order valence-electron chi connectivity index (χ4n) is 5.13. The van der Waals surface area contributed by atoms with Gasteiger partial charge in [0, 0.05) is 36.4 Å². The number of hydrogen-bond acceptors (Lipinski definition) is 3. The van der Waals surface area contributed by atoms with E-state index in [1.165, 1.54) is 10.9 Å². The zero-order chi connectivity index (χ0) is 19.3. The summed E-state index contributed by atoms with van der Waals surface area (Å²) in [6.45, 7) is 1.48. The molecule has 6 heteroatoms. The molecule has 28 heavy (non-hydrogen) atoms. The summed E-state index contributed by atoms with van der Waals surface area (Å²) in [5.74, 6) is 0. The van der Waals surface area contributed by atoms with Crippen LogP contribution in [0.2, 0.25) is 10.0 Å². The van der Waals surface area contributed by atoms with E-state index in [0.29, 0.717) is 28.7 Å². The molecule has 2 aliphatic heterocycles. The molecule has 0 spiro atoms. The topological polar surface area (TPSA) is 41.3 Å². The molecule has 4 heterocycles. The molecule has 1 aromatic carbocycles. The minimum absolute atomic E-state index is 0.401. The monoisotopic (exact) mass is 415 g/mol. The van der Waals surface area contributed by atoms with E-state index < -0.39 is 5.60 Å². The Hall–Kier alpha value is -1.59. The molecule has 2 aliphatic rings.